The molecule has 0 saturated heterocycles. The first-order valence-electron chi connectivity index (χ1n) is 3.67. The van der Waals surface area contributed by atoms with Crippen molar-refractivity contribution in [3.63, 3.8) is 0 Å². The summed E-state index contributed by atoms with van der Waals surface area (Å²) >= 11 is 5.18. The van der Waals surface area contributed by atoms with Crippen molar-refractivity contribution in [3.05, 3.63) is 33.6 Å². The van der Waals surface area contributed by atoms with Gasteiger partial charge in [-0.3, -0.25) is 0 Å². The molecule has 0 radical (unpaired) electrons. The minimum atomic E-state index is 0. The van der Waals surface area contributed by atoms with E-state index >= 15 is 0 Å². The van der Waals surface area contributed by atoms with Gasteiger partial charge in [0.2, 0.25) is 0 Å². The summed E-state index contributed by atoms with van der Waals surface area (Å²) in [7, 11) is 0. The molecule has 0 aliphatic rings. The fourth-order valence-electron chi connectivity index (χ4n) is 1.22. The van der Waals surface area contributed by atoms with E-state index in [4.69, 9.17) is 5.73 Å². The lowest BCUT2D eigenvalue weighted by Crippen LogP contribution is -1.93. The molecule has 1 heterocycles. The quantitative estimate of drug-likeness (QED) is 0.848. The van der Waals surface area contributed by atoms with Crippen LogP contribution in [0.25, 0.3) is 10.1 Å². The maximum atomic E-state index is 5.59. The highest BCUT2D eigenvalue weighted by Crippen LogP contribution is 2.28. The molecule has 70 valence electrons. The molecule has 2 N–H and O–H groups in total. The van der Waals surface area contributed by atoms with Gasteiger partial charge in [-0.05, 0) is 28.5 Å². The summed E-state index contributed by atoms with van der Waals surface area (Å²) in [5.74, 6) is 0. The number of benzene rings is 1. The van der Waals surface area contributed by atoms with E-state index in [1.165, 1.54) is 15.6 Å². The van der Waals surface area contributed by atoms with Gasteiger partial charge in [-0.15, -0.1) is 23.7 Å². The molecular formula is C9H9BrClNS. The second-order valence-corrected chi connectivity index (χ2v) is 4.43. The lowest BCUT2D eigenvalue weighted by atomic mass is 10.2. The Bertz CT molecular complexity index is 413. The molecule has 2 aromatic rings. The molecule has 1 nitrogen and oxygen atoms in total. The third-order valence-electron chi connectivity index (χ3n) is 1.84. The molecule has 0 amide bonds. The Morgan fingerprint density at radius 3 is 2.85 bits per heavy atom. The molecule has 2 rings (SSSR count). The van der Waals surface area contributed by atoms with Crippen molar-refractivity contribution in [3.8, 4) is 0 Å². The van der Waals surface area contributed by atoms with Crippen LogP contribution in [0, 0.1) is 0 Å². The molecular weight excluding hydrogens is 270 g/mol. The lowest BCUT2D eigenvalue weighted by Gasteiger charge is -1.93. The number of fused-ring (bicyclic) bond motifs is 1. The Morgan fingerprint density at radius 1 is 1.38 bits per heavy atom. The predicted octanol–water partition coefficient (Wildman–Crippen LogP) is 3.54. The van der Waals surface area contributed by atoms with E-state index in [1.54, 1.807) is 11.3 Å². The summed E-state index contributed by atoms with van der Waals surface area (Å²) in [6.07, 6.45) is 0. The van der Waals surface area contributed by atoms with Crippen LogP contribution in [0.2, 0.25) is 0 Å². The second kappa shape index (κ2) is 4.42. The molecule has 0 aliphatic carbocycles. The van der Waals surface area contributed by atoms with Crippen molar-refractivity contribution in [2.24, 2.45) is 5.73 Å². The van der Waals surface area contributed by atoms with E-state index in [0.29, 0.717) is 6.54 Å². The first-order valence-corrected chi connectivity index (χ1v) is 5.34. The number of rotatable bonds is 1. The van der Waals surface area contributed by atoms with E-state index in [0.717, 1.165) is 4.47 Å². The second-order valence-electron chi connectivity index (χ2n) is 2.61. The highest BCUT2D eigenvalue weighted by atomic mass is 79.9. The van der Waals surface area contributed by atoms with Crippen LogP contribution < -0.4 is 5.73 Å². The number of hydrogen-bond acceptors (Lipinski definition) is 2. The van der Waals surface area contributed by atoms with Gasteiger partial charge in [-0.2, -0.15) is 0 Å². The first kappa shape index (κ1) is 11.0. The maximum Gasteiger partial charge on any atom is 0.0357 e. The van der Waals surface area contributed by atoms with Crippen LogP contribution in [0.1, 0.15) is 5.56 Å². The van der Waals surface area contributed by atoms with E-state index < -0.39 is 0 Å². The molecule has 0 aliphatic heterocycles. The van der Waals surface area contributed by atoms with Crippen LogP contribution in [0.5, 0.6) is 0 Å². The molecule has 0 saturated carbocycles. The molecule has 1 aromatic heterocycles. The highest BCUT2D eigenvalue weighted by Gasteiger charge is 2.01. The van der Waals surface area contributed by atoms with Gasteiger partial charge in [0.05, 0.1) is 0 Å². The molecule has 0 atom stereocenters. The molecule has 0 spiro atoms. The molecule has 4 heteroatoms. The average Bonchev–Trinajstić information content (AvgIpc) is 2.46. The van der Waals surface area contributed by atoms with Crippen LogP contribution in [0.15, 0.2) is 28.1 Å². The summed E-state index contributed by atoms with van der Waals surface area (Å²) < 4.78 is 2.42. The van der Waals surface area contributed by atoms with Gasteiger partial charge in [0.1, 0.15) is 0 Å². The van der Waals surface area contributed by atoms with E-state index in [1.807, 2.05) is 6.07 Å². The summed E-state index contributed by atoms with van der Waals surface area (Å²) in [6, 6.07) is 6.28. The van der Waals surface area contributed by atoms with E-state index in [2.05, 4.69) is 33.4 Å². The Labute approximate surface area is 95.5 Å². The number of halogens is 2. The SMILES string of the molecule is Cl.NCc1csc2cc(Br)ccc12. The zero-order chi connectivity index (χ0) is 8.55. The van der Waals surface area contributed by atoms with Crippen molar-refractivity contribution in [1.82, 2.24) is 0 Å². The third-order valence-corrected chi connectivity index (χ3v) is 3.32. The summed E-state index contributed by atoms with van der Waals surface area (Å²) in [5, 5.41) is 3.41. The van der Waals surface area contributed by atoms with Gasteiger partial charge < -0.3 is 5.73 Å². The van der Waals surface area contributed by atoms with Gasteiger partial charge >= 0.3 is 0 Å². The van der Waals surface area contributed by atoms with Crippen molar-refractivity contribution in [2.45, 2.75) is 6.54 Å². The molecule has 13 heavy (non-hydrogen) atoms. The smallest absolute Gasteiger partial charge is 0.0357 e. The zero-order valence-corrected chi connectivity index (χ0v) is 10.0. The van der Waals surface area contributed by atoms with Crippen LogP contribution in [-0.2, 0) is 6.54 Å². The van der Waals surface area contributed by atoms with Crippen LogP contribution in [0.3, 0.4) is 0 Å². The van der Waals surface area contributed by atoms with E-state index in [-0.39, 0.29) is 12.4 Å². The van der Waals surface area contributed by atoms with Gasteiger partial charge in [-0.1, -0.05) is 22.0 Å². The zero-order valence-electron chi connectivity index (χ0n) is 6.79. The minimum Gasteiger partial charge on any atom is -0.326 e. The Hall–Kier alpha value is -0.0900. The highest BCUT2D eigenvalue weighted by molar-refractivity contribution is 9.10. The van der Waals surface area contributed by atoms with E-state index in [9.17, 15) is 0 Å². The van der Waals surface area contributed by atoms with Crippen molar-refractivity contribution in [2.75, 3.05) is 0 Å². The van der Waals surface area contributed by atoms with Gasteiger partial charge in [0.15, 0.2) is 0 Å². The summed E-state index contributed by atoms with van der Waals surface area (Å²) in [4.78, 5) is 0. The minimum absolute atomic E-state index is 0. The Morgan fingerprint density at radius 2 is 2.15 bits per heavy atom. The van der Waals surface area contributed by atoms with Crippen molar-refractivity contribution >= 4 is 49.8 Å². The standard InChI is InChI=1S/C9H8BrNS.ClH/c10-7-1-2-8-6(4-11)5-12-9(8)3-7;/h1-3,5H,4,11H2;1H. The van der Waals surface area contributed by atoms with Crippen LogP contribution >= 0.6 is 39.7 Å². The first-order chi connectivity index (χ1) is 5.81. The van der Waals surface area contributed by atoms with Crippen molar-refractivity contribution < 1.29 is 0 Å². The molecule has 1 aromatic carbocycles. The number of nitrogens with two attached hydrogens (primary N) is 1. The predicted molar refractivity (Wildman–Crippen MR) is 64.7 cm³/mol. The average molecular weight is 279 g/mol. The van der Waals surface area contributed by atoms with Crippen LogP contribution in [0.4, 0.5) is 0 Å². The topological polar surface area (TPSA) is 26.0 Å². The fourth-order valence-corrected chi connectivity index (χ4v) is 2.74. The lowest BCUT2D eigenvalue weighted by molar-refractivity contribution is 1.09. The van der Waals surface area contributed by atoms with Crippen molar-refractivity contribution in [1.29, 1.82) is 0 Å². The third kappa shape index (κ3) is 2.05. The summed E-state index contributed by atoms with van der Waals surface area (Å²) in [5.41, 5.74) is 6.83. The summed E-state index contributed by atoms with van der Waals surface area (Å²) in [6.45, 7) is 0.627. The van der Waals surface area contributed by atoms with Crippen LogP contribution in [-0.4, -0.2) is 0 Å². The fraction of sp³-hybridized carbons (Fsp3) is 0.111. The van der Waals surface area contributed by atoms with Gasteiger partial charge in [0, 0.05) is 15.7 Å². The van der Waals surface area contributed by atoms with Gasteiger partial charge in [-0.25, -0.2) is 0 Å². The Kier molecular flexibility index (Phi) is 3.74. The molecule has 0 fully saturated rings. The monoisotopic (exact) mass is 277 g/mol. The largest absolute Gasteiger partial charge is 0.326 e. The number of hydrogen-bond donors (Lipinski definition) is 1. The number of thiophene rings is 1. The molecule has 0 unspecified atom stereocenters. The maximum absolute atomic E-state index is 5.59. The molecule has 0 bridgehead atoms. The Balaban J connectivity index is 0.000000845. The van der Waals surface area contributed by atoms with Gasteiger partial charge in [0.25, 0.3) is 0 Å². The normalized spacial score (nSPS) is 10.0.